The van der Waals surface area contributed by atoms with Gasteiger partial charge in [0.1, 0.15) is 0 Å². The summed E-state index contributed by atoms with van der Waals surface area (Å²) in [4.78, 5) is 12.1. The highest BCUT2D eigenvalue weighted by Crippen LogP contribution is 2.20. The Labute approximate surface area is 289 Å². The van der Waals surface area contributed by atoms with Gasteiger partial charge < -0.3 is 18.0 Å². The monoisotopic (exact) mass is 671 g/mol. The van der Waals surface area contributed by atoms with Crippen LogP contribution >= 0.6 is 0 Å². The number of ether oxygens (including phenoxy) is 1. The maximum atomic E-state index is 12.1. The minimum atomic E-state index is -2.58. The average molecular weight is 671 g/mol. The van der Waals surface area contributed by atoms with Crippen molar-refractivity contribution in [1.29, 1.82) is 0 Å². The van der Waals surface area contributed by atoms with Gasteiger partial charge in [0.2, 0.25) is 0 Å². The molecule has 0 aliphatic carbocycles. The third-order valence-corrected chi connectivity index (χ3v) is 12.4. The fourth-order valence-electron chi connectivity index (χ4n) is 6.46. The third kappa shape index (κ3) is 32.1. The van der Waals surface area contributed by atoms with Crippen molar-refractivity contribution in [1.82, 2.24) is 0 Å². The van der Waals surface area contributed by atoms with Crippen LogP contribution in [0.15, 0.2) is 0 Å². The molecule has 0 aromatic rings. The lowest BCUT2D eigenvalue weighted by Crippen LogP contribution is -2.45. The molecule has 0 aromatic carbocycles. The molecule has 0 spiro atoms. The number of hydrogen-bond donors (Lipinski definition) is 0. The minimum Gasteiger partial charge on any atom is -0.466 e. The summed E-state index contributed by atoms with van der Waals surface area (Å²) in [6.45, 7) is 10.5. The van der Waals surface area contributed by atoms with Gasteiger partial charge in [0.25, 0.3) is 0 Å². The third-order valence-electron chi connectivity index (χ3n) is 9.22. The summed E-state index contributed by atoms with van der Waals surface area (Å²) in [5.74, 6) is -0.0532. The number of rotatable bonds is 39. The van der Waals surface area contributed by atoms with Gasteiger partial charge in [0.15, 0.2) is 0 Å². The molecule has 5 nitrogen and oxygen atoms in total. The molecule has 0 aromatic heterocycles. The van der Waals surface area contributed by atoms with Crippen LogP contribution in [-0.4, -0.2) is 41.2 Å². The molecule has 0 saturated carbocycles. The van der Waals surface area contributed by atoms with Gasteiger partial charge in [-0.25, -0.2) is 0 Å². The lowest BCUT2D eigenvalue weighted by molar-refractivity contribution is -0.143. The Morgan fingerprint density at radius 2 is 0.696 bits per heavy atom. The molecule has 0 heterocycles. The first kappa shape index (κ1) is 45.6. The van der Waals surface area contributed by atoms with Crippen LogP contribution in [0.1, 0.15) is 220 Å². The standard InChI is InChI=1S/C40H82O5Si/c1-5-9-10-11-12-13-14-15-16-17-18-19-20-21-22-23-24-25-26-27-28-29-30-31-32-33-34-37-40(41)42-38-35-36-39-46(43-6-2,44-7-3)45-8-4/h5-39H2,1-4H3. The van der Waals surface area contributed by atoms with Crippen LogP contribution in [0.3, 0.4) is 0 Å². The molecule has 6 heteroatoms. The summed E-state index contributed by atoms with van der Waals surface area (Å²) >= 11 is 0. The molecule has 0 amide bonds. The number of carbonyl (C=O) groups is 1. The van der Waals surface area contributed by atoms with E-state index in [9.17, 15) is 4.79 Å². The molecule has 0 N–H and O–H groups in total. The fraction of sp³-hybridized carbons (Fsp3) is 0.975. The highest BCUT2D eigenvalue weighted by Gasteiger charge is 2.39. The van der Waals surface area contributed by atoms with Crippen molar-refractivity contribution in [3.8, 4) is 0 Å². The van der Waals surface area contributed by atoms with Gasteiger partial charge in [0.05, 0.1) is 6.61 Å². The number of hydrogen-bond acceptors (Lipinski definition) is 5. The average Bonchev–Trinajstić information content (AvgIpc) is 3.04. The van der Waals surface area contributed by atoms with E-state index in [4.69, 9.17) is 18.0 Å². The molecule has 0 fully saturated rings. The molecule has 0 aliphatic rings. The molecule has 46 heavy (non-hydrogen) atoms. The second kappa shape index (κ2) is 37.4. The van der Waals surface area contributed by atoms with E-state index in [0.29, 0.717) is 32.8 Å². The second-order valence-corrected chi connectivity index (χ2v) is 16.3. The van der Waals surface area contributed by atoms with Crippen molar-refractivity contribution in [2.45, 2.75) is 226 Å². The van der Waals surface area contributed by atoms with E-state index in [1.54, 1.807) is 0 Å². The van der Waals surface area contributed by atoms with Gasteiger partial charge in [0, 0.05) is 32.3 Å². The second-order valence-electron chi connectivity index (χ2n) is 13.6. The van der Waals surface area contributed by atoms with Crippen LogP contribution in [0.4, 0.5) is 0 Å². The van der Waals surface area contributed by atoms with Crippen LogP contribution in [0.25, 0.3) is 0 Å². The fourth-order valence-corrected chi connectivity index (χ4v) is 9.15. The first-order valence-corrected chi connectivity index (χ1v) is 22.6. The summed E-state index contributed by atoms with van der Waals surface area (Å²) in [5.41, 5.74) is 0. The van der Waals surface area contributed by atoms with E-state index in [1.165, 1.54) is 161 Å². The maximum absolute atomic E-state index is 12.1. The van der Waals surface area contributed by atoms with E-state index >= 15 is 0 Å². The van der Waals surface area contributed by atoms with Crippen LogP contribution < -0.4 is 0 Å². The van der Waals surface area contributed by atoms with Crippen molar-refractivity contribution in [2.75, 3.05) is 26.4 Å². The lowest BCUT2D eigenvalue weighted by Gasteiger charge is -2.28. The largest absolute Gasteiger partial charge is 0.500 e. The Balaban J connectivity index is 3.32. The van der Waals surface area contributed by atoms with Crippen LogP contribution in [0.2, 0.25) is 6.04 Å². The van der Waals surface area contributed by atoms with E-state index in [-0.39, 0.29) is 5.97 Å². The van der Waals surface area contributed by atoms with Crippen molar-refractivity contribution >= 4 is 14.8 Å². The quantitative estimate of drug-likeness (QED) is 0.0370. The Morgan fingerprint density at radius 3 is 1.00 bits per heavy atom. The molecular formula is C40H82O5Si. The highest BCUT2D eigenvalue weighted by molar-refractivity contribution is 6.60. The van der Waals surface area contributed by atoms with Gasteiger partial charge in [-0.15, -0.1) is 0 Å². The van der Waals surface area contributed by atoms with Crippen LogP contribution in [0, 0.1) is 0 Å². The molecule has 0 aliphatic heterocycles. The summed E-state index contributed by atoms with van der Waals surface area (Å²) in [6, 6.07) is 0.777. The molecule has 0 unspecified atom stereocenters. The SMILES string of the molecule is CCCCCCCCCCCCCCCCCCCCCCCCCCCCCC(=O)OCCCC[Si](OCC)(OCC)OCC. The predicted octanol–water partition coefficient (Wildman–Crippen LogP) is 13.3. The van der Waals surface area contributed by atoms with Crippen LogP contribution in [0.5, 0.6) is 0 Å². The highest BCUT2D eigenvalue weighted by atomic mass is 28.4. The van der Waals surface area contributed by atoms with Crippen molar-refractivity contribution < 1.29 is 22.8 Å². The van der Waals surface area contributed by atoms with Gasteiger partial charge in [-0.3, -0.25) is 4.79 Å². The number of unbranched alkanes of at least 4 members (excludes halogenated alkanes) is 27. The maximum Gasteiger partial charge on any atom is 0.500 e. The van der Waals surface area contributed by atoms with Gasteiger partial charge in [-0.2, -0.15) is 0 Å². The molecular weight excluding hydrogens is 589 g/mol. The van der Waals surface area contributed by atoms with Crippen molar-refractivity contribution in [2.24, 2.45) is 0 Å². The Hall–Kier alpha value is -0.433. The summed E-state index contributed by atoms with van der Waals surface area (Å²) in [5, 5.41) is 0. The summed E-state index contributed by atoms with van der Waals surface area (Å²) < 4.78 is 23.1. The number of carbonyl (C=O) groups excluding carboxylic acids is 1. The van der Waals surface area contributed by atoms with Crippen LogP contribution in [-0.2, 0) is 22.8 Å². The summed E-state index contributed by atoms with van der Waals surface area (Å²) in [6.07, 6.45) is 40.0. The predicted molar refractivity (Wildman–Crippen MR) is 201 cm³/mol. The smallest absolute Gasteiger partial charge is 0.466 e. The van der Waals surface area contributed by atoms with Crippen molar-refractivity contribution in [3.63, 3.8) is 0 Å². The van der Waals surface area contributed by atoms with Gasteiger partial charge in [-0.05, 0) is 40.0 Å². The first-order chi connectivity index (χ1) is 22.6. The Morgan fingerprint density at radius 1 is 0.391 bits per heavy atom. The minimum absolute atomic E-state index is 0.0532. The Bertz CT molecular complexity index is 585. The number of esters is 1. The normalized spacial score (nSPS) is 11.8. The zero-order chi connectivity index (χ0) is 33.7. The first-order valence-electron chi connectivity index (χ1n) is 20.7. The zero-order valence-corrected chi connectivity index (χ0v) is 32.8. The topological polar surface area (TPSA) is 54.0 Å². The molecule has 0 rings (SSSR count). The van der Waals surface area contributed by atoms with E-state index < -0.39 is 8.80 Å². The molecule has 0 saturated heterocycles. The lowest BCUT2D eigenvalue weighted by atomic mass is 10.0. The van der Waals surface area contributed by atoms with Gasteiger partial charge in [-0.1, -0.05) is 174 Å². The Kier molecular flexibility index (Phi) is 37.0. The van der Waals surface area contributed by atoms with Crippen molar-refractivity contribution in [3.05, 3.63) is 0 Å². The molecule has 276 valence electrons. The van der Waals surface area contributed by atoms with E-state index in [2.05, 4.69) is 6.92 Å². The van der Waals surface area contributed by atoms with E-state index in [1.807, 2.05) is 20.8 Å². The van der Waals surface area contributed by atoms with Gasteiger partial charge >= 0.3 is 14.8 Å². The molecule has 0 bridgehead atoms. The molecule has 0 atom stereocenters. The van der Waals surface area contributed by atoms with E-state index in [0.717, 1.165) is 31.7 Å². The summed E-state index contributed by atoms with van der Waals surface area (Å²) in [7, 11) is -2.58. The zero-order valence-electron chi connectivity index (χ0n) is 31.8. The molecule has 0 radical (unpaired) electrons.